The van der Waals surface area contributed by atoms with E-state index in [1.54, 1.807) is 12.1 Å². The van der Waals surface area contributed by atoms with Crippen LogP contribution in [0, 0.1) is 28.6 Å². The van der Waals surface area contributed by atoms with Crippen LogP contribution in [0.15, 0.2) is 12.1 Å². The highest BCUT2D eigenvalue weighted by molar-refractivity contribution is 5.71. The fourth-order valence-corrected chi connectivity index (χ4v) is 1.51. The van der Waals surface area contributed by atoms with Crippen LogP contribution in [0.4, 0.5) is 0 Å². The molecule has 0 spiro atoms. The molecule has 0 amide bonds. The van der Waals surface area contributed by atoms with Gasteiger partial charge in [0, 0.05) is 11.6 Å². The molecule has 0 aliphatic heterocycles. The highest BCUT2D eigenvalue weighted by atomic mass is 16.3. The molecule has 0 saturated carbocycles. The van der Waals surface area contributed by atoms with Crippen molar-refractivity contribution in [3.8, 4) is 23.6 Å². The maximum atomic E-state index is 9.59. The summed E-state index contributed by atoms with van der Waals surface area (Å²) in [7, 11) is 0. The average molecular weight is 242 g/mol. The Hall–Kier alpha value is -2.46. The van der Waals surface area contributed by atoms with Crippen LogP contribution in [0.25, 0.3) is 6.08 Å². The number of phenols is 2. The Balaban J connectivity index is 3.33. The molecule has 1 aromatic rings. The molecule has 0 atom stereocenters. The third-order valence-electron chi connectivity index (χ3n) is 2.44. The third kappa shape index (κ3) is 2.81. The average Bonchev–Trinajstić information content (AvgIpc) is 2.33. The summed E-state index contributed by atoms with van der Waals surface area (Å²) in [5, 5.41) is 37.0. The smallest absolute Gasteiger partial charge is 0.176 e. The lowest BCUT2D eigenvalue weighted by molar-refractivity contribution is 0.402. The Morgan fingerprint density at radius 1 is 1.28 bits per heavy atom. The van der Waals surface area contributed by atoms with E-state index in [-0.39, 0.29) is 11.1 Å². The molecule has 2 N–H and O–H groups in total. The lowest BCUT2D eigenvalue weighted by Gasteiger charge is -2.06. The normalized spacial score (nSPS) is 10.5. The monoisotopic (exact) mass is 242 g/mol. The molecular formula is C14H14N2O2. The lowest BCUT2D eigenvalue weighted by Crippen LogP contribution is -1.91. The number of nitriles is 2. The minimum absolute atomic E-state index is 0.0773. The van der Waals surface area contributed by atoms with Crippen LogP contribution >= 0.6 is 0 Å². The molecule has 0 fully saturated rings. The van der Waals surface area contributed by atoms with Crippen LogP contribution in [0.5, 0.6) is 11.5 Å². The first kappa shape index (κ1) is 13.6. The predicted molar refractivity (Wildman–Crippen MR) is 67.7 cm³/mol. The van der Waals surface area contributed by atoms with Crippen molar-refractivity contribution in [3.05, 3.63) is 28.8 Å². The number of phenolic OH excluding ortho intramolecular Hbond substituents is 2. The molecule has 18 heavy (non-hydrogen) atoms. The van der Waals surface area contributed by atoms with Crippen LogP contribution < -0.4 is 0 Å². The van der Waals surface area contributed by atoms with E-state index >= 15 is 0 Å². The van der Waals surface area contributed by atoms with E-state index in [9.17, 15) is 10.2 Å². The standard InChI is InChI=1S/C14H14N2O2/c1-9(2)4-3-5-11-10(7-15)6-13(17)14(18)12(11)8-16/h3,5-6,9,17-18H,4H2,1-2H3. The second kappa shape index (κ2) is 5.75. The molecule has 0 aliphatic carbocycles. The summed E-state index contributed by atoms with van der Waals surface area (Å²) >= 11 is 0. The van der Waals surface area contributed by atoms with Crippen LogP contribution in [0.2, 0.25) is 0 Å². The third-order valence-corrected chi connectivity index (χ3v) is 2.44. The first-order chi connectivity index (χ1) is 8.51. The van der Waals surface area contributed by atoms with Crippen molar-refractivity contribution in [2.45, 2.75) is 20.3 Å². The van der Waals surface area contributed by atoms with Crippen molar-refractivity contribution in [1.82, 2.24) is 0 Å². The summed E-state index contributed by atoms with van der Waals surface area (Å²) in [6.07, 6.45) is 4.28. The lowest BCUT2D eigenvalue weighted by atomic mass is 9.99. The summed E-state index contributed by atoms with van der Waals surface area (Å²) in [6, 6.07) is 4.87. The summed E-state index contributed by atoms with van der Waals surface area (Å²) in [4.78, 5) is 0. The molecule has 4 nitrogen and oxygen atoms in total. The maximum absolute atomic E-state index is 9.59. The van der Waals surface area contributed by atoms with E-state index in [1.165, 1.54) is 0 Å². The molecule has 92 valence electrons. The van der Waals surface area contributed by atoms with E-state index < -0.39 is 11.5 Å². The molecule has 1 aromatic carbocycles. The molecule has 4 heteroatoms. The van der Waals surface area contributed by atoms with Gasteiger partial charge in [0.1, 0.15) is 11.6 Å². The van der Waals surface area contributed by atoms with Crippen molar-refractivity contribution in [2.24, 2.45) is 5.92 Å². The van der Waals surface area contributed by atoms with Gasteiger partial charge in [0.25, 0.3) is 0 Å². The molecular weight excluding hydrogens is 228 g/mol. The van der Waals surface area contributed by atoms with Gasteiger partial charge in [-0.15, -0.1) is 0 Å². The zero-order chi connectivity index (χ0) is 13.7. The van der Waals surface area contributed by atoms with Gasteiger partial charge in [0.2, 0.25) is 0 Å². The molecule has 0 aliphatic rings. The fraction of sp³-hybridized carbons (Fsp3) is 0.286. The summed E-state index contributed by atoms with van der Waals surface area (Å²) in [5.74, 6) is -0.479. The quantitative estimate of drug-likeness (QED) is 0.797. The highest BCUT2D eigenvalue weighted by Gasteiger charge is 2.15. The van der Waals surface area contributed by atoms with Crippen LogP contribution in [-0.2, 0) is 0 Å². The Morgan fingerprint density at radius 2 is 1.94 bits per heavy atom. The summed E-state index contributed by atoms with van der Waals surface area (Å²) < 4.78 is 0. The zero-order valence-electron chi connectivity index (χ0n) is 10.3. The number of benzene rings is 1. The Labute approximate surface area is 106 Å². The van der Waals surface area contributed by atoms with E-state index in [0.29, 0.717) is 11.5 Å². The van der Waals surface area contributed by atoms with Crippen molar-refractivity contribution >= 4 is 6.08 Å². The largest absolute Gasteiger partial charge is 0.504 e. The SMILES string of the molecule is CC(C)CC=Cc1c(C#N)cc(O)c(O)c1C#N. The van der Waals surface area contributed by atoms with Crippen molar-refractivity contribution < 1.29 is 10.2 Å². The van der Waals surface area contributed by atoms with Crippen LogP contribution in [0.1, 0.15) is 37.0 Å². The minimum Gasteiger partial charge on any atom is -0.504 e. The van der Waals surface area contributed by atoms with Gasteiger partial charge in [0.15, 0.2) is 11.5 Å². The minimum atomic E-state index is -0.485. The predicted octanol–water partition coefficient (Wildman–Crippen LogP) is 2.90. The molecule has 0 saturated heterocycles. The van der Waals surface area contributed by atoms with E-state index in [0.717, 1.165) is 12.5 Å². The second-order valence-corrected chi connectivity index (χ2v) is 4.34. The van der Waals surface area contributed by atoms with E-state index in [4.69, 9.17) is 10.5 Å². The molecule has 0 radical (unpaired) electrons. The number of hydrogen-bond donors (Lipinski definition) is 2. The van der Waals surface area contributed by atoms with Gasteiger partial charge >= 0.3 is 0 Å². The molecule has 1 rings (SSSR count). The molecule has 0 aromatic heterocycles. The van der Waals surface area contributed by atoms with Crippen molar-refractivity contribution in [2.75, 3.05) is 0 Å². The maximum Gasteiger partial charge on any atom is 0.176 e. The number of aromatic hydroxyl groups is 2. The first-order valence-corrected chi connectivity index (χ1v) is 5.56. The van der Waals surface area contributed by atoms with Crippen LogP contribution in [0.3, 0.4) is 0 Å². The summed E-state index contributed by atoms with van der Waals surface area (Å²) in [6.45, 7) is 4.10. The van der Waals surface area contributed by atoms with Crippen LogP contribution in [-0.4, -0.2) is 10.2 Å². The Bertz CT molecular complexity index is 561. The van der Waals surface area contributed by atoms with Gasteiger partial charge < -0.3 is 10.2 Å². The molecule has 0 unspecified atom stereocenters. The first-order valence-electron chi connectivity index (χ1n) is 5.56. The fourth-order valence-electron chi connectivity index (χ4n) is 1.51. The van der Waals surface area contributed by atoms with Gasteiger partial charge in [-0.05, 0) is 12.3 Å². The topological polar surface area (TPSA) is 88.0 Å². The number of hydrogen-bond acceptors (Lipinski definition) is 4. The molecule has 0 heterocycles. The van der Waals surface area contributed by atoms with Crippen molar-refractivity contribution in [3.63, 3.8) is 0 Å². The number of allylic oxidation sites excluding steroid dienone is 1. The van der Waals surface area contributed by atoms with E-state index in [2.05, 4.69) is 13.8 Å². The Morgan fingerprint density at radius 3 is 2.44 bits per heavy atom. The van der Waals surface area contributed by atoms with Gasteiger partial charge in [0.05, 0.1) is 11.6 Å². The zero-order valence-corrected chi connectivity index (χ0v) is 10.3. The number of nitrogens with zero attached hydrogens (tertiary/aromatic N) is 2. The summed E-state index contributed by atoms with van der Waals surface area (Å²) in [5.41, 5.74) is 0.435. The van der Waals surface area contributed by atoms with Crippen molar-refractivity contribution in [1.29, 1.82) is 10.5 Å². The molecule has 0 bridgehead atoms. The second-order valence-electron chi connectivity index (χ2n) is 4.34. The van der Waals surface area contributed by atoms with Gasteiger partial charge in [-0.2, -0.15) is 10.5 Å². The van der Waals surface area contributed by atoms with Gasteiger partial charge in [-0.3, -0.25) is 0 Å². The van der Waals surface area contributed by atoms with Gasteiger partial charge in [-0.25, -0.2) is 0 Å². The van der Waals surface area contributed by atoms with E-state index in [1.807, 2.05) is 12.1 Å². The Kier molecular flexibility index (Phi) is 4.34. The number of rotatable bonds is 3. The highest BCUT2D eigenvalue weighted by Crippen LogP contribution is 2.34. The van der Waals surface area contributed by atoms with Gasteiger partial charge in [-0.1, -0.05) is 26.0 Å².